The third-order valence-corrected chi connectivity index (χ3v) is 2.65. The topological polar surface area (TPSA) is 67.6 Å². The monoisotopic (exact) mass is 226 g/mol. The van der Waals surface area contributed by atoms with Crippen molar-refractivity contribution in [3.63, 3.8) is 0 Å². The number of nitriles is 1. The summed E-state index contributed by atoms with van der Waals surface area (Å²) in [5.74, 6) is 0. The van der Waals surface area contributed by atoms with Crippen LogP contribution in [0.1, 0.15) is 22.5 Å². The summed E-state index contributed by atoms with van der Waals surface area (Å²) in [5.41, 5.74) is 9.87. The van der Waals surface area contributed by atoms with E-state index in [0.717, 1.165) is 22.6 Å². The summed E-state index contributed by atoms with van der Waals surface area (Å²) in [6.45, 7) is 4.34. The number of hydrogen-bond donors (Lipinski definition) is 1. The maximum atomic E-state index is 9.17. The Kier molecular flexibility index (Phi) is 2.94. The molecule has 1 aromatic carbocycles. The summed E-state index contributed by atoms with van der Waals surface area (Å²) in [6, 6.07) is 9.80. The minimum Gasteiger partial charge on any atom is -0.326 e. The molecule has 0 atom stereocenters. The van der Waals surface area contributed by atoms with Crippen molar-refractivity contribution >= 4 is 0 Å². The molecule has 0 fully saturated rings. The van der Waals surface area contributed by atoms with Crippen molar-refractivity contribution in [3.8, 4) is 11.8 Å². The molecule has 0 aliphatic heterocycles. The van der Waals surface area contributed by atoms with E-state index in [0.29, 0.717) is 12.1 Å². The lowest BCUT2D eigenvalue weighted by atomic mass is 10.1. The van der Waals surface area contributed by atoms with Gasteiger partial charge in [-0.25, -0.2) is 4.68 Å². The average Bonchev–Trinajstić information content (AvgIpc) is 2.67. The van der Waals surface area contributed by atoms with Gasteiger partial charge < -0.3 is 5.73 Å². The lowest BCUT2D eigenvalue weighted by Gasteiger charge is -2.07. The van der Waals surface area contributed by atoms with Crippen LogP contribution < -0.4 is 5.73 Å². The molecule has 17 heavy (non-hydrogen) atoms. The van der Waals surface area contributed by atoms with Gasteiger partial charge in [-0.1, -0.05) is 6.07 Å². The molecule has 0 unspecified atom stereocenters. The van der Waals surface area contributed by atoms with Crippen LogP contribution in [0.3, 0.4) is 0 Å². The Morgan fingerprint density at radius 3 is 2.65 bits per heavy atom. The van der Waals surface area contributed by atoms with E-state index in [1.54, 1.807) is 4.68 Å². The molecule has 1 heterocycles. The van der Waals surface area contributed by atoms with Gasteiger partial charge in [-0.3, -0.25) is 0 Å². The summed E-state index contributed by atoms with van der Waals surface area (Å²) in [5, 5.41) is 13.5. The second-order valence-electron chi connectivity index (χ2n) is 4.01. The standard InChI is InChI=1S/C13H14N4/c1-9-5-10(2)17(16-9)13-4-3-11(7-14)6-12(13)8-15/h3-6H,7,14H2,1-2H3. The second-order valence-corrected chi connectivity index (χ2v) is 4.01. The maximum absolute atomic E-state index is 9.17. The van der Waals surface area contributed by atoms with Crippen molar-refractivity contribution < 1.29 is 0 Å². The van der Waals surface area contributed by atoms with Crippen molar-refractivity contribution in [1.29, 1.82) is 5.26 Å². The van der Waals surface area contributed by atoms with E-state index in [9.17, 15) is 0 Å². The Morgan fingerprint density at radius 2 is 2.12 bits per heavy atom. The number of benzene rings is 1. The lowest BCUT2D eigenvalue weighted by Crippen LogP contribution is -2.04. The van der Waals surface area contributed by atoms with Gasteiger partial charge in [0, 0.05) is 12.2 Å². The van der Waals surface area contributed by atoms with Crippen molar-refractivity contribution in [2.24, 2.45) is 5.73 Å². The maximum Gasteiger partial charge on any atom is 0.101 e. The summed E-state index contributed by atoms with van der Waals surface area (Å²) in [6.07, 6.45) is 0. The molecule has 1 aromatic heterocycles. The molecule has 4 nitrogen and oxygen atoms in total. The number of hydrogen-bond acceptors (Lipinski definition) is 3. The minimum atomic E-state index is 0.437. The van der Waals surface area contributed by atoms with Gasteiger partial charge in [0.05, 0.1) is 16.9 Å². The van der Waals surface area contributed by atoms with E-state index in [4.69, 9.17) is 11.0 Å². The third-order valence-electron chi connectivity index (χ3n) is 2.65. The van der Waals surface area contributed by atoms with Crippen LogP contribution in [-0.4, -0.2) is 9.78 Å². The molecule has 0 amide bonds. The molecular weight excluding hydrogens is 212 g/mol. The Labute approximate surface area is 100 Å². The first kappa shape index (κ1) is 11.4. The van der Waals surface area contributed by atoms with Gasteiger partial charge in [0.2, 0.25) is 0 Å². The Bertz CT molecular complexity index is 590. The molecule has 0 aliphatic rings. The largest absolute Gasteiger partial charge is 0.326 e. The first-order chi connectivity index (χ1) is 8.15. The smallest absolute Gasteiger partial charge is 0.101 e. The molecule has 0 radical (unpaired) electrons. The van der Waals surface area contributed by atoms with Crippen LogP contribution in [0.5, 0.6) is 0 Å². The highest BCUT2D eigenvalue weighted by Gasteiger charge is 2.09. The van der Waals surface area contributed by atoms with E-state index in [1.165, 1.54) is 0 Å². The first-order valence-corrected chi connectivity index (χ1v) is 5.42. The Hall–Kier alpha value is -2.12. The van der Waals surface area contributed by atoms with E-state index in [1.807, 2.05) is 38.1 Å². The summed E-state index contributed by atoms with van der Waals surface area (Å²) in [4.78, 5) is 0. The van der Waals surface area contributed by atoms with E-state index in [2.05, 4.69) is 11.2 Å². The molecule has 4 heteroatoms. The fourth-order valence-corrected chi connectivity index (χ4v) is 1.86. The fourth-order valence-electron chi connectivity index (χ4n) is 1.86. The van der Waals surface area contributed by atoms with Crippen molar-refractivity contribution in [1.82, 2.24) is 9.78 Å². The molecule has 0 bridgehead atoms. The summed E-state index contributed by atoms with van der Waals surface area (Å²) >= 11 is 0. The zero-order valence-electron chi connectivity index (χ0n) is 9.94. The number of aryl methyl sites for hydroxylation is 2. The zero-order chi connectivity index (χ0) is 12.4. The highest BCUT2D eigenvalue weighted by Crippen LogP contribution is 2.18. The van der Waals surface area contributed by atoms with Crippen molar-refractivity contribution in [2.45, 2.75) is 20.4 Å². The lowest BCUT2D eigenvalue weighted by molar-refractivity contribution is 0.830. The molecule has 0 spiro atoms. The molecule has 0 saturated heterocycles. The Balaban J connectivity index is 2.60. The number of nitrogens with two attached hydrogens (primary N) is 1. The molecule has 0 aliphatic carbocycles. The minimum absolute atomic E-state index is 0.437. The van der Waals surface area contributed by atoms with E-state index >= 15 is 0 Å². The average molecular weight is 226 g/mol. The number of nitrogens with zero attached hydrogens (tertiary/aromatic N) is 3. The molecule has 2 rings (SSSR count). The van der Waals surface area contributed by atoms with Gasteiger partial charge in [0.1, 0.15) is 6.07 Å². The van der Waals surface area contributed by atoms with Crippen LogP contribution in [0.15, 0.2) is 24.3 Å². The number of rotatable bonds is 2. The molecule has 2 aromatic rings. The Morgan fingerprint density at radius 1 is 1.35 bits per heavy atom. The zero-order valence-corrected chi connectivity index (χ0v) is 9.94. The molecular formula is C13H14N4. The first-order valence-electron chi connectivity index (χ1n) is 5.42. The summed E-state index contributed by atoms with van der Waals surface area (Å²) in [7, 11) is 0. The SMILES string of the molecule is Cc1cc(C)n(-c2ccc(CN)cc2C#N)n1. The van der Waals surface area contributed by atoms with Crippen LogP contribution in [0, 0.1) is 25.2 Å². The van der Waals surface area contributed by atoms with E-state index in [-0.39, 0.29) is 0 Å². The van der Waals surface area contributed by atoms with Gasteiger partial charge in [0.15, 0.2) is 0 Å². The fraction of sp³-hybridized carbons (Fsp3) is 0.231. The second kappa shape index (κ2) is 4.40. The van der Waals surface area contributed by atoms with Gasteiger partial charge in [-0.2, -0.15) is 10.4 Å². The quantitative estimate of drug-likeness (QED) is 0.849. The van der Waals surface area contributed by atoms with Crippen LogP contribution >= 0.6 is 0 Å². The van der Waals surface area contributed by atoms with Crippen LogP contribution in [0.4, 0.5) is 0 Å². The molecule has 2 N–H and O–H groups in total. The van der Waals surface area contributed by atoms with Crippen molar-refractivity contribution in [3.05, 3.63) is 46.8 Å². The van der Waals surface area contributed by atoms with Crippen LogP contribution in [-0.2, 0) is 6.54 Å². The number of aromatic nitrogens is 2. The summed E-state index contributed by atoms with van der Waals surface area (Å²) < 4.78 is 1.79. The molecule has 86 valence electrons. The molecule has 0 saturated carbocycles. The van der Waals surface area contributed by atoms with Gasteiger partial charge in [-0.15, -0.1) is 0 Å². The highest BCUT2D eigenvalue weighted by molar-refractivity contribution is 5.51. The van der Waals surface area contributed by atoms with Gasteiger partial charge in [-0.05, 0) is 37.6 Å². The third kappa shape index (κ3) is 2.05. The highest BCUT2D eigenvalue weighted by atomic mass is 15.3. The normalized spacial score (nSPS) is 10.2. The predicted octanol–water partition coefficient (Wildman–Crippen LogP) is 1.82. The van der Waals surface area contributed by atoms with Gasteiger partial charge in [0.25, 0.3) is 0 Å². The van der Waals surface area contributed by atoms with Crippen LogP contribution in [0.25, 0.3) is 5.69 Å². The van der Waals surface area contributed by atoms with E-state index < -0.39 is 0 Å². The van der Waals surface area contributed by atoms with Crippen LogP contribution in [0.2, 0.25) is 0 Å². The predicted molar refractivity (Wildman–Crippen MR) is 65.6 cm³/mol. The van der Waals surface area contributed by atoms with Crippen molar-refractivity contribution in [2.75, 3.05) is 0 Å². The van der Waals surface area contributed by atoms with Gasteiger partial charge >= 0.3 is 0 Å².